The Morgan fingerprint density at radius 1 is 1.06 bits per heavy atom. The smallest absolute Gasteiger partial charge is 0.410 e. The van der Waals surface area contributed by atoms with Crippen LogP contribution in [0.2, 0.25) is 0 Å². The Hall–Kier alpha value is -3.72. The lowest BCUT2D eigenvalue weighted by Gasteiger charge is -2.44. The van der Waals surface area contributed by atoms with Gasteiger partial charge in [-0.2, -0.15) is 0 Å². The normalized spacial score (nSPS) is 33.6. The number of amides is 1. The topological polar surface area (TPSA) is 218 Å². The second-order valence-electron chi connectivity index (χ2n) is 19.1. The molecule has 3 aliphatic rings. The zero-order valence-electron chi connectivity index (χ0n) is 40.3. The molecule has 0 spiro atoms. The highest BCUT2D eigenvalue weighted by Gasteiger charge is 2.59. The number of anilines is 1. The summed E-state index contributed by atoms with van der Waals surface area (Å²) >= 11 is 0. The lowest BCUT2D eigenvalue weighted by atomic mass is 9.83. The number of carbonyl (C=O) groups excluding carboxylic acids is 3. The number of esters is 1. The number of benzene rings is 1. The summed E-state index contributed by atoms with van der Waals surface area (Å²) in [4.78, 5) is 48.4. The van der Waals surface area contributed by atoms with E-state index in [9.17, 15) is 27.9 Å². The lowest BCUT2D eigenvalue weighted by Crippen LogP contribution is -2.61. The van der Waals surface area contributed by atoms with Gasteiger partial charge in [0, 0.05) is 62.3 Å². The second-order valence-corrected chi connectivity index (χ2v) is 21.4. The molecule has 3 unspecified atom stereocenters. The molecule has 366 valence electrons. The minimum absolute atomic E-state index is 0.0225. The fraction of sp³-hybridized carbons (Fsp3) is 0.761. The van der Waals surface area contributed by atoms with Crippen molar-refractivity contribution >= 4 is 33.4 Å². The third kappa shape index (κ3) is 12.8. The van der Waals surface area contributed by atoms with Gasteiger partial charge in [0.2, 0.25) is 0 Å². The fourth-order valence-corrected chi connectivity index (χ4v) is 10.7. The zero-order chi connectivity index (χ0) is 48.0. The minimum atomic E-state index is -3.15. The van der Waals surface area contributed by atoms with Gasteiger partial charge < -0.3 is 44.3 Å². The van der Waals surface area contributed by atoms with Crippen LogP contribution in [0.25, 0.3) is 11.3 Å². The number of rotatable bonds is 15. The third-order valence-corrected chi connectivity index (χ3v) is 14.8. The van der Waals surface area contributed by atoms with E-state index >= 15 is 0 Å². The number of hydrogen-bond donors (Lipinski definition) is 2. The summed E-state index contributed by atoms with van der Waals surface area (Å²) in [6.45, 7) is 14.9. The van der Waals surface area contributed by atoms with Gasteiger partial charge in [0.05, 0.1) is 36.3 Å². The number of aryl methyl sites for hydroxylation is 1. The molecule has 1 aromatic carbocycles. The SMILES string of the molecule is CC[C@H]1OC(=O)[C@H](C)C(=O)[C@H](C)[C@@H](O[C@@H]2OC(C)CC(N(C)CCCS(C)(=O)=O)C2O)[C@H](OC)C[C@@H](C)CN(C)[C@H](C)[C@H]2N(CCCCn3cc(-c4cccc(N)c4)nn3)C(=O)O[C@]12C. The first-order chi connectivity index (χ1) is 30.6. The second kappa shape index (κ2) is 22.4. The Balaban J connectivity index is 1.36. The molecule has 5 rings (SSSR count). The first-order valence-corrected chi connectivity index (χ1v) is 25.2. The number of nitrogens with two attached hydrogens (primary N) is 1. The highest BCUT2D eigenvalue weighted by atomic mass is 32.2. The summed E-state index contributed by atoms with van der Waals surface area (Å²) in [6, 6.07) is 6.26. The number of fused-ring (bicyclic) bond motifs is 1. The van der Waals surface area contributed by atoms with Gasteiger partial charge in [0.15, 0.2) is 17.7 Å². The van der Waals surface area contributed by atoms with Crippen LogP contribution in [0.5, 0.6) is 0 Å². The number of nitrogens with zero attached hydrogens (tertiary/aromatic N) is 6. The molecular weight excluding hydrogens is 859 g/mol. The predicted octanol–water partition coefficient (Wildman–Crippen LogP) is 4.04. The number of methoxy groups -OCH3 is 1. The van der Waals surface area contributed by atoms with E-state index in [-0.39, 0.29) is 23.8 Å². The maximum absolute atomic E-state index is 14.4. The molecule has 13 atom stereocenters. The van der Waals surface area contributed by atoms with E-state index in [2.05, 4.69) is 29.1 Å². The zero-order valence-corrected chi connectivity index (χ0v) is 41.1. The number of ether oxygens (including phenoxy) is 5. The molecule has 4 heterocycles. The van der Waals surface area contributed by atoms with E-state index in [4.69, 9.17) is 29.4 Å². The van der Waals surface area contributed by atoms with Crippen LogP contribution in [0.3, 0.4) is 0 Å². The average molecular weight is 934 g/mol. The van der Waals surface area contributed by atoms with Crippen molar-refractivity contribution in [2.45, 2.75) is 154 Å². The van der Waals surface area contributed by atoms with Crippen LogP contribution in [0.15, 0.2) is 30.5 Å². The standard InChI is InChI=1S/C46H75N7O11S/c1-12-38-46(7)42(53(45(57)64-46)21-14-13-20-52-27-35(48-49-52)33-17-15-18-34(47)25-33)32(6)51(9)26-28(2)23-37(60-10)41(30(4)39(54)31(5)43(56)62-38)63-44-40(55)36(24-29(3)61-44)50(8)19-16-22-65(11,58)59/h15,17-18,25,27-32,36-38,40-42,44,55H,12-14,16,19-24,26,47H2,1-11H3/t28-,29?,30+,31-,32-,36?,37-,38-,40?,41-,42-,44+,46-/m1/s1. The maximum Gasteiger partial charge on any atom is 0.410 e. The van der Waals surface area contributed by atoms with Crippen molar-refractivity contribution in [3.8, 4) is 11.3 Å². The molecule has 0 radical (unpaired) electrons. The molecule has 3 fully saturated rings. The van der Waals surface area contributed by atoms with Gasteiger partial charge >= 0.3 is 12.1 Å². The minimum Gasteiger partial charge on any atom is -0.458 e. The number of likely N-dealkylation sites (N-methyl/N-ethyl adjacent to an activating group) is 2. The highest BCUT2D eigenvalue weighted by molar-refractivity contribution is 7.90. The molecule has 3 aliphatic heterocycles. The molecule has 65 heavy (non-hydrogen) atoms. The largest absolute Gasteiger partial charge is 0.458 e. The number of aromatic nitrogens is 3. The summed E-state index contributed by atoms with van der Waals surface area (Å²) in [5.74, 6) is -3.30. The number of unbranched alkanes of at least 4 members (excludes halogenated alkanes) is 1. The van der Waals surface area contributed by atoms with Gasteiger partial charge in [-0.15, -0.1) is 5.10 Å². The quantitative estimate of drug-likeness (QED) is 0.111. The van der Waals surface area contributed by atoms with Crippen molar-refractivity contribution in [3.63, 3.8) is 0 Å². The maximum atomic E-state index is 14.4. The van der Waals surface area contributed by atoms with Gasteiger partial charge in [-0.05, 0) is 105 Å². The number of ketones is 1. The van der Waals surface area contributed by atoms with Gasteiger partial charge in [-0.25, -0.2) is 13.2 Å². The molecule has 0 aliphatic carbocycles. The molecular formula is C46H75N7O11S. The van der Waals surface area contributed by atoms with E-state index in [0.717, 1.165) is 5.56 Å². The summed E-state index contributed by atoms with van der Waals surface area (Å²) in [6.07, 6.45) is 0.486. The molecule has 0 bridgehead atoms. The monoisotopic (exact) mass is 934 g/mol. The van der Waals surface area contributed by atoms with Crippen LogP contribution in [-0.2, 0) is 49.7 Å². The molecule has 2 aromatic rings. The predicted molar refractivity (Wildman–Crippen MR) is 245 cm³/mol. The van der Waals surface area contributed by atoms with E-state index < -0.39 is 87.9 Å². The summed E-state index contributed by atoms with van der Waals surface area (Å²) in [5.41, 5.74) is 6.95. The Kier molecular flexibility index (Phi) is 18.0. The molecule has 1 aromatic heterocycles. The summed E-state index contributed by atoms with van der Waals surface area (Å²) in [7, 11) is 2.24. The van der Waals surface area contributed by atoms with Crippen LogP contribution in [-0.4, -0.2) is 174 Å². The third-order valence-electron chi connectivity index (χ3n) is 13.8. The Morgan fingerprint density at radius 3 is 2.43 bits per heavy atom. The van der Waals surface area contributed by atoms with Crippen molar-refractivity contribution in [3.05, 3.63) is 30.5 Å². The van der Waals surface area contributed by atoms with Crippen LogP contribution < -0.4 is 5.73 Å². The van der Waals surface area contributed by atoms with Gasteiger partial charge in [0.25, 0.3) is 0 Å². The van der Waals surface area contributed by atoms with E-state index in [1.807, 2.05) is 70.2 Å². The summed E-state index contributed by atoms with van der Waals surface area (Å²) in [5, 5.41) is 20.4. The van der Waals surface area contributed by atoms with Gasteiger partial charge in [0.1, 0.15) is 33.7 Å². The number of aliphatic hydroxyl groups excluding tert-OH is 1. The van der Waals surface area contributed by atoms with E-state index in [1.165, 1.54) is 13.2 Å². The number of nitrogen functional groups attached to an aromatic ring is 1. The first-order valence-electron chi connectivity index (χ1n) is 23.2. The van der Waals surface area contributed by atoms with Crippen molar-refractivity contribution in [2.24, 2.45) is 17.8 Å². The lowest BCUT2D eigenvalue weighted by molar-refractivity contribution is -0.284. The molecule has 3 N–H and O–H groups in total. The molecule has 0 saturated carbocycles. The van der Waals surface area contributed by atoms with E-state index in [0.29, 0.717) is 76.1 Å². The molecule has 3 saturated heterocycles. The molecule has 1 amide bonds. The molecule has 18 nitrogen and oxygen atoms in total. The van der Waals surface area contributed by atoms with Crippen LogP contribution in [0.1, 0.15) is 87.0 Å². The Bertz CT molecular complexity index is 2020. The number of hydrogen-bond acceptors (Lipinski definition) is 16. The van der Waals surface area contributed by atoms with Gasteiger partial charge in [-0.1, -0.05) is 38.1 Å². The first kappa shape index (κ1) is 52.3. The Morgan fingerprint density at radius 2 is 1.77 bits per heavy atom. The number of Topliss-reactive ketones (excluding diaryl/α,β-unsaturated/α-hetero) is 1. The van der Waals surface area contributed by atoms with Crippen LogP contribution in [0, 0.1) is 17.8 Å². The van der Waals surface area contributed by atoms with E-state index in [1.54, 1.807) is 23.6 Å². The number of cyclic esters (lactones) is 1. The number of carbonyl (C=O) groups is 3. The average Bonchev–Trinajstić information content (AvgIpc) is 3.82. The van der Waals surface area contributed by atoms with Crippen molar-refractivity contribution in [1.29, 1.82) is 0 Å². The molecule has 19 heteroatoms. The highest BCUT2D eigenvalue weighted by Crippen LogP contribution is 2.40. The van der Waals surface area contributed by atoms with Crippen molar-refractivity contribution in [2.75, 3.05) is 58.6 Å². The van der Waals surface area contributed by atoms with Crippen molar-refractivity contribution < 1.29 is 51.6 Å². The van der Waals surface area contributed by atoms with Gasteiger partial charge in [-0.3, -0.25) is 19.2 Å². The summed E-state index contributed by atoms with van der Waals surface area (Å²) < 4.78 is 56.9. The Labute approximate surface area is 385 Å². The number of aliphatic hydroxyl groups is 1. The fourth-order valence-electron chi connectivity index (χ4n) is 10.0. The van der Waals surface area contributed by atoms with Crippen molar-refractivity contribution in [1.82, 2.24) is 29.7 Å². The number of sulfone groups is 1. The van der Waals surface area contributed by atoms with Crippen LogP contribution in [0.4, 0.5) is 10.5 Å². The van der Waals surface area contributed by atoms with Crippen LogP contribution >= 0.6 is 0 Å².